The van der Waals surface area contributed by atoms with Gasteiger partial charge in [-0.25, -0.2) is 18.7 Å². The molecule has 0 saturated carbocycles. The first kappa shape index (κ1) is 31.7. The van der Waals surface area contributed by atoms with Crippen LogP contribution >= 0.6 is 0 Å². The average molecular weight is 618 g/mol. The summed E-state index contributed by atoms with van der Waals surface area (Å²) in [4.78, 5) is 40.7. The summed E-state index contributed by atoms with van der Waals surface area (Å²) in [5.41, 5.74) is 0.309. The van der Waals surface area contributed by atoms with Crippen LogP contribution in [0.1, 0.15) is 41.1 Å². The lowest BCUT2D eigenvalue weighted by Gasteiger charge is -2.14. The Morgan fingerprint density at radius 1 is 1.07 bits per heavy atom. The number of carbonyl (C=O) groups is 2. The highest BCUT2D eigenvalue weighted by Gasteiger charge is 2.31. The quantitative estimate of drug-likeness (QED) is 0.223. The summed E-state index contributed by atoms with van der Waals surface area (Å²) in [7, 11) is 0. The number of nitrogens with zero attached hydrogens (tertiary/aromatic N) is 5. The van der Waals surface area contributed by atoms with Crippen LogP contribution in [0.3, 0.4) is 0 Å². The fourth-order valence-corrected chi connectivity index (χ4v) is 3.95. The fraction of sp³-hybridized carbons (Fsp3) is 0.286. The SMILES string of the molecule is CC(OC(=O)Nc1ccn(CCC(F)Cn2cc(C(=O)NCc3cccc(OC(F)(F)F)c3)nn2)c(=O)n1)c1ccccc1. The van der Waals surface area contributed by atoms with Crippen LogP contribution in [-0.4, -0.2) is 49.1 Å². The Hall–Kier alpha value is -5.28. The Kier molecular flexibility index (Phi) is 10.3. The predicted octanol–water partition coefficient (Wildman–Crippen LogP) is 4.40. The number of hydrogen-bond donors (Lipinski definition) is 2. The topological polar surface area (TPSA) is 142 Å². The van der Waals surface area contributed by atoms with Gasteiger partial charge in [-0.2, -0.15) is 4.98 Å². The number of carbonyl (C=O) groups excluding carboxylic acids is 2. The maximum Gasteiger partial charge on any atom is 0.573 e. The number of nitrogens with one attached hydrogen (secondary N) is 2. The molecule has 0 saturated heterocycles. The van der Waals surface area contributed by atoms with Gasteiger partial charge in [-0.15, -0.1) is 18.3 Å². The molecule has 2 atom stereocenters. The third-order valence-electron chi connectivity index (χ3n) is 6.08. The Balaban J connectivity index is 1.22. The molecule has 44 heavy (non-hydrogen) atoms. The van der Waals surface area contributed by atoms with E-state index >= 15 is 0 Å². The first-order chi connectivity index (χ1) is 20.9. The number of aromatic nitrogens is 5. The summed E-state index contributed by atoms with van der Waals surface area (Å²) in [6.07, 6.45) is -5.14. The molecular weight excluding hydrogens is 590 g/mol. The number of ether oxygens (including phenoxy) is 2. The molecule has 0 aliphatic heterocycles. The molecule has 0 radical (unpaired) electrons. The summed E-state index contributed by atoms with van der Waals surface area (Å²) >= 11 is 0. The monoisotopic (exact) mass is 617 g/mol. The molecule has 2 N–H and O–H groups in total. The molecule has 16 heteroatoms. The smallest absolute Gasteiger partial charge is 0.441 e. The Bertz CT molecular complexity index is 1630. The van der Waals surface area contributed by atoms with E-state index in [0.29, 0.717) is 5.56 Å². The summed E-state index contributed by atoms with van der Waals surface area (Å²) in [5.74, 6) is -1.12. The minimum atomic E-state index is -4.84. The van der Waals surface area contributed by atoms with Crippen LogP contribution in [0, 0.1) is 0 Å². The van der Waals surface area contributed by atoms with Crippen molar-refractivity contribution < 1.29 is 36.6 Å². The van der Waals surface area contributed by atoms with E-state index < -0.39 is 42.1 Å². The van der Waals surface area contributed by atoms with Crippen molar-refractivity contribution in [3.63, 3.8) is 0 Å². The number of amides is 2. The molecule has 4 aromatic rings. The summed E-state index contributed by atoms with van der Waals surface area (Å²) in [6.45, 7) is 1.30. The molecule has 2 amide bonds. The van der Waals surface area contributed by atoms with E-state index in [-0.39, 0.29) is 37.6 Å². The van der Waals surface area contributed by atoms with Crippen LogP contribution < -0.4 is 21.1 Å². The number of anilines is 1. The normalized spacial score (nSPS) is 12.7. The number of aryl methyl sites for hydroxylation is 1. The van der Waals surface area contributed by atoms with Gasteiger partial charge in [-0.1, -0.05) is 47.7 Å². The zero-order chi connectivity index (χ0) is 31.7. The highest BCUT2D eigenvalue weighted by molar-refractivity contribution is 5.91. The first-order valence-electron chi connectivity index (χ1n) is 13.2. The second-order valence-corrected chi connectivity index (χ2v) is 9.46. The summed E-state index contributed by atoms with van der Waals surface area (Å²) in [5, 5.41) is 12.3. The zero-order valence-electron chi connectivity index (χ0n) is 23.2. The van der Waals surface area contributed by atoms with Crippen molar-refractivity contribution in [3.8, 4) is 5.75 Å². The second-order valence-electron chi connectivity index (χ2n) is 9.46. The van der Waals surface area contributed by atoms with Gasteiger partial charge < -0.3 is 14.8 Å². The highest BCUT2D eigenvalue weighted by atomic mass is 19.4. The molecule has 0 fully saturated rings. The van der Waals surface area contributed by atoms with Crippen LogP contribution in [0.5, 0.6) is 5.75 Å². The van der Waals surface area contributed by atoms with Gasteiger partial charge in [-0.3, -0.25) is 14.7 Å². The number of alkyl halides is 4. The molecule has 12 nitrogen and oxygen atoms in total. The van der Waals surface area contributed by atoms with Crippen molar-refractivity contribution in [2.24, 2.45) is 0 Å². The van der Waals surface area contributed by atoms with Crippen LogP contribution in [0.25, 0.3) is 0 Å². The third-order valence-corrected chi connectivity index (χ3v) is 6.08. The number of halogens is 4. The molecule has 2 heterocycles. The van der Waals surface area contributed by atoms with E-state index in [0.717, 1.165) is 22.4 Å². The van der Waals surface area contributed by atoms with Crippen molar-refractivity contribution in [3.05, 3.63) is 100 Å². The first-order valence-corrected chi connectivity index (χ1v) is 13.2. The summed E-state index contributed by atoms with van der Waals surface area (Å²) in [6, 6.07) is 15.6. The van der Waals surface area contributed by atoms with Crippen molar-refractivity contribution in [2.75, 3.05) is 5.32 Å². The molecule has 4 rings (SSSR count). The maximum atomic E-state index is 14.7. The average Bonchev–Trinajstić information content (AvgIpc) is 3.43. The number of benzene rings is 2. The van der Waals surface area contributed by atoms with E-state index in [1.54, 1.807) is 6.92 Å². The predicted molar refractivity (Wildman–Crippen MR) is 147 cm³/mol. The molecule has 0 aliphatic carbocycles. The van der Waals surface area contributed by atoms with Crippen molar-refractivity contribution in [2.45, 2.75) is 51.6 Å². The molecule has 232 valence electrons. The van der Waals surface area contributed by atoms with Gasteiger partial charge in [0.1, 0.15) is 23.8 Å². The molecule has 0 bridgehead atoms. The fourth-order valence-electron chi connectivity index (χ4n) is 3.95. The van der Waals surface area contributed by atoms with Gasteiger partial charge in [0.05, 0.1) is 12.7 Å². The van der Waals surface area contributed by atoms with Crippen molar-refractivity contribution >= 4 is 17.8 Å². The molecule has 0 aliphatic rings. The van der Waals surface area contributed by atoms with Gasteiger partial charge in [0.2, 0.25) is 0 Å². The lowest BCUT2D eigenvalue weighted by molar-refractivity contribution is -0.274. The summed E-state index contributed by atoms with van der Waals surface area (Å²) < 4.78 is 63.3. The van der Waals surface area contributed by atoms with Gasteiger partial charge >= 0.3 is 18.1 Å². The molecule has 2 aromatic heterocycles. The van der Waals surface area contributed by atoms with Gasteiger partial charge in [0.25, 0.3) is 5.91 Å². The second kappa shape index (κ2) is 14.3. The van der Waals surface area contributed by atoms with Crippen LogP contribution in [-0.2, 0) is 24.4 Å². The van der Waals surface area contributed by atoms with Gasteiger partial charge in [0, 0.05) is 19.3 Å². The molecule has 0 spiro atoms. The number of hydrogen-bond acceptors (Lipinski definition) is 8. The van der Waals surface area contributed by atoms with Crippen molar-refractivity contribution in [1.29, 1.82) is 0 Å². The minimum absolute atomic E-state index is 0.0240. The van der Waals surface area contributed by atoms with Gasteiger partial charge in [-0.05, 0) is 42.7 Å². The van der Waals surface area contributed by atoms with Crippen LogP contribution in [0.15, 0.2) is 77.9 Å². The third kappa shape index (κ3) is 9.64. The Labute approximate surface area is 247 Å². The molecular formula is C28H27F4N7O5. The van der Waals surface area contributed by atoms with E-state index in [2.05, 4.69) is 30.7 Å². The van der Waals surface area contributed by atoms with Crippen molar-refractivity contribution in [1.82, 2.24) is 29.9 Å². The van der Waals surface area contributed by atoms with Crippen LogP contribution in [0.2, 0.25) is 0 Å². The Morgan fingerprint density at radius 3 is 2.57 bits per heavy atom. The lowest BCUT2D eigenvalue weighted by Crippen LogP contribution is -2.26. The van der Waals surface area contributed by atoms with E-state index in [1.165, 1.54) is 35.2 Å². The Morgan fingerprint density at radius 2 is 1.84 bits per heavy atom. The zero-order valence-corrected chi connectivity index (χ0v) is 23.2. The highest BCUT2D eigenvalue weighted by Crippen LogP contribution is 2.23. The number of rotatable bonds is 12. The van der Waals surface area contributed by atoms with E-state index in [4.69, 9.17) is 4.74 Å². The maximum absolute atomic E-state index is 14.7. The van der Waals surface area contributed by atoms with Crippen LogP contribution in [0.4, 0.5) is 28.2 Å². The molecule has 2 aromatic carbocycles. The van der Waals surface area contributed by atoms with E-state index in [1.807, 2.05) is 30.3 Å². The largest absolute Gasteiger partial charge is 0.573 e. The standard InChI is InChI=1S/C28H27F4N7O5/c1-18(20-7-3-2-4-8-20)43-27(42)35-24-11-13-38(26(41)34-24)12-10-21(29)16-39-17-23(36-37-39)25(40)33-15-19-6-5-9-22(14-19)44-28(30,31)32/h2-9,11,13-14,17-18,21H,10,12,15-16H2,1H3,(H,33,40)(H,34,35,41,42). The lowest BCUT2D eigenvalue weighted by atomic mass is 10.1. The minimum Gasteiger partial charge on any atom is -0.441 e. The van der Waals surface area contributed by atoms with E-state index in [9.17, 15) is 31.9 Å². The van der Waals surface area contributed by atoms with Gasteiger partial charge in [0.15, 0.2) is 5.69 Å². The molecule has 2 unspecified atom stereocenters.